The van der Waals surface area contributed by atoms with Crippen LogP contribution in [0.2, 0.25) is 0 Å². The fourth-order valence-corrected chi connectivity index (χ4v) is 1.62. The maximum atomic E-state index is 11.7. The summed E-state index contributed by atoms with van der Waals surface area (Å²) in [5.74, 6) is -0.392. The van der Waals surface area contributed by atoms with Crippen molar-refractivity contribution in [2.75, 3.05) is 44.5 Å². The standard InChI is InChI=1S/C13H20N2O3/c1-4-18-13(16)10-6-5-7-11(12(10)14)15(2)8-9-17-3/h5-7H,4,8-9,14H2,1-3H3. The Kier molecular flexibility index (Phi) is 5.45. The van der Waals surface area contributed by atoms with Crippen LogP contribution in [-0.2, 0) is 9.47 Å². The molecule has 18 heavy (non-hydrogen) atoms. The zero-order valence-corrected chi connectivity index (χ0v) is 11.1. The summed E-state index contributed by atoms with van der Waals surface area (Å²) in [5, 5.41) is 0. The van der Waals surface area contributed by atoms with Gasteiger partial charge in [-0.1, -0.05) is 6.07 Å². The number of methoxy groups -OCH3 is 1. The van der Waals surface area contributed by atoms with Crippen molar-refractivity contribution in [2.24, 2.45) is 0 Å². The second-order valence-electron chi connectivity index (χ2n) is 3.87. The molecule has 0 unspecified atom stereocenters. The molecule has 0 saturated carbocycles. The minimum atomic E-state index is -0.392. The lowest BCUT2D eigenvalue weighted by atomic mass is 10.1. The van der Waals surface area contributed by atoms with Crippen molar-refractivity contribution in [3.63, 3.8) is 0 Å². The van der Waals surface area contributed by atoms with Gasteiger partial charge < -0.3 is 20.1 Å². The van der Waals surface area contributed by atoms with Crippen LogP contribution in [0.1, 0.15) is 17.3 Å². The summed E-state index contributed by atoms with van der Waals surface area (Å²) >= 11 is 0. The first-order valence-corrected chi connectivity index (χ1v) is 5.87. The summed E-state index contributed by atoms with van der Waals surface area (Å²) in [6.07, 6.45) is 0. The predicted molar refractivity (Wildman–Crippen MR) is 72.0 cm³/mol. The van der Waals surface area contributed by atoms with Crippen molar-refractivity contribution in [1.29, 1.82) is 0 Å². The number of hydrogen-bond donors (Lipinski definition) is 1. The molecule has 0 aliphatic rings. The lowest BCUT2D eigenvalue weighted by Crippen LogP contribution is -2.23. The Labute approximate surface area is 107 Å². The quantitative estimate of drug-likeness (QED) is 0.614. The summed E-state index contributed by atoms with van der Waals surface area (Å²) in [6.45, 7) is 3.40. The Morgan fingerprint density at radius 3 is 2.78 bits per heavy atom. The highest BCUT2D eigenvalue weighted by atomic mass is 16.5. The summed E-state index contributed by atoms with van der Waals surface area (Å²) in [7, 11) is 3.55. The molecule has 0 amide bonds. The van der Waals surface area contributed by atoms with Gasteiger partial charge in [0, 0.05) is 20.7 Å². The van der Waals surface area contributed by atoms with Crippen molar-refractivity contribution >= 4 is 17.3 Å². The van der Waals surface area contributed by atoms with E-state index in [-0.39, 0.29) is 0 Å². The highest BCUT2D eigenvalue weighted by Crippen LogP contribution is 2.26. The topological polar surface area (TPSA) is 64.8 Å². The van der Waals surface area contributed by atoms with Crippen LogP contribution in [0.25, 0.3) is 0 Å². The zero-order chi connectivity index (χ0) is 13.5. The van der Waals surface area contributed by atoms with Gasteiger partial charge in [-0.2, -0.15) is 0 Å². The molecule has 0 bridgehead atoms. The Bertz CT molecular complexity index is 407. The van der Waals surface area contributed by atoms with Crippen molar-refractivity contribution in [2.45, 2.75) is 6.92 Å². The molecular weight excluding hydrogens is 232 g/mol. The summed E-state index contributed by atoms with van der Waals surface area (Å²) < 4.78 is 9.98. The molecule has 1 aromatic carbocycles. The number of para-hydroxylation sites is 1. The summed E-state index contributed by atoms with van der Waals surface area (Å²) in [4.78, 5) is 13.7. The van der Waals surface area contributed by atoms with E-state index in [2.05, 4.69) is 0 Å². The number of benzene rings is 1. The van der Waals surface area contributed by atoms with Crippen LogP contribution in [0.5, 0.6) is 0 Å². The van der Waals surface area contributed by atoms with Crippen LogP contribution < -0.4 is 10.6 Å². The molecule has 0 spiro atoms. The smallest absolute Gasteiger partial charge is 0.340 e. The van der Waals surface area contributed by atoms with Crippen LogP contribution in [0.3, 0.4) is 0 Å². The Hall–Kier alpha value is -1.75. The van der Waals surface area contributed by atoms with E-state index >= 15 is 0 Å². The van der Waals surface area contributed by atoms with Gasteiger partial charge in [0.1, 0.15) is 0 Å². The number of rotatable bonds is 6. The fourth-order valence-electron chi connectivity index (χ4n) is 1.62. The third kappa shape index (κ3) is 3.37. The highest BCUT2D eigenvalue weighted by Gasteiger charge is 2.15. The molecule has 0 fully saturated rings. The van der Waals surface area contributed by atoms with Crippen molar-refractivity contribution in [1.82, 2.24) is 0 Å². The molecule has 0 aliphatic heterocycles. The predicted octanol–water partition coefficient (Wildman–Crippen LogP) is 1.53. The van der Waals surface area contributed by atoms with E-state index in [9.17, 15) is 4.79 Å². The summed E-state index contributed by atoms with van der Waals surface area (Å²) in [6, 6.07) is 5.33. The second kappa shape index (κ2) is 6.86. The lowest BCUT2D eigenvalue weighted by molar-refractivity contribution is 0.0527. The number of nitrogens with zero attached hydrogens (tertiary/aromatic N) is 1. The van der Waals surface area contributed by atoms with Gasteiger partial charge in [0.2, 0.25) is 0 Å². The minimum Gasteiger partial charge on any atom is -0.462 e. The van der Waals surface area contributed by atoms with Gasteiger partial charge in [-0.3, -0.25) is 0 Å². The van der Waals surface area contributed by atoms with E-state index in [0.29, 0.717) is 31.0 Å². The number of likely N-dealkylation sites (N-methyl/N-ethyl adjacent to an activating group) is 1. The zero-order valence-electron chi connectivity index (χ0n) is 11.1. The van der Waals surface area contributed by atoms with E-state index in [0.717, 1.165) is 5.69 Å². The molecule has 5 heteroatoms. The van der Waals surface area contributed by atoms with Crippen molar-refractivity contribution in [3.8, 4) is 0 Å². The first-order valence-electron chi connectivity index (χ1n) is 5.87. The maximum absolute atomic E-state index is 11.7. The van der Waals surface area contributed by atoms with E-state index in [1.165, 1.54) is 0 Å². The number of nitrogen functional groups attached to an aromatic ring is 1. The molecule has 0 aromatic heterocycles. The first-order chi connectivity index (χ1) is 8.61. The normalized spacial score (nSPS) is 10.2. The Balaban J connectivity index is 2.94. The third-order valence-electron chi connectivity index (χ3n) is 2.62. The van der Waals surface area contributed by atoms with Crippen LogP contribution in [0.15, 0.2) is 18.2 Å². The van der Waals surface area contributed by atoms with Gasteiger partial charge >= 0.3 is 5.97 Å². The third-order valence-corrected chi connectivity index (χ3v) is 2.62. The summed E-state index contributed by atoms with van der Waals surface area (Å²) in [5.41, 5.74) is 7.65. The number of carbonyl (C=O) groups excluding carboxylic acids is 1. The number of hydrogen-bond acceptors (Lipinski definition) is 5. The maximum Gasteiger partial charge on any atom is 0.340 e. The number of esters is 1. The minimum absolute atomic E-state index is 0.335. The number of carbonyl (C=O) groups is 1. The van der Waals surface area contributed by atoms with E-state index in [4.69, 9.17) is 15.2 Å². The van der Waals surface area contributed by atoms with Gasteiger partial charge in [-0.05, 0) is 19.1 Å². The molecule has 0 atom stereocenters. The molecule has 0 aliphatic carbocycles. The SMILES string of the molecule is CCOC(=O)c1cccc(N(C)CCOC)c1N. The van der Waals surface area contributed by atoms with E-state index in [1.807, 2.05) is 18.0 Å². The van der Waals surface area contributed by atoms with E-state index in [1.54, 1.807) is 26.2 Å². The molecule has 0 saturated heterocycles. The van der Waals surface area contributed by atoms with E-state index < -0.39 is 5.97 Å². The van der Waals surface area contributed by atoms with Gasteiger partial charge in [-0.15, -0.1) is 0 Å². The molecule has 0 radical (unpaired) electrons. The molecule has 2 N–H and O–H groups in total. The van der Waals surface area contributed by atoms with Crippen LogP contribution in [-0.4, -0.2) is 39.9 Å². The Morgan fingerprint density at radius 2 is 2.17 bits per heavy atom. The van der Waals surface area contributed by atoms with Crippen LogP contribution in [0, 0.1) is 0 Å². The number of anilines is 2. The van der Waals surface area contributed by atoms with Crippen molar-refractivity contribution in [3.05, 3.63) is 23.8 Å². The monoisotopic (exact) mass is 252 g/mol. The average molecular weight is 252 g/mol. The van der Waals surface area contributed by atoms with Crippen LogP contribution >= 0.6 is 0 Å². The number of ether oxygens (including phenoxy) is 2. The highest BCUT2D eigenvalue weighted by molar-refractivity contribution is 5.98. The molecule has 100 valence electrons. The van der Waals surface area contributed by atoms with Gasteiger partial charge in [0.05, 0.1) is 30.2 Å². The van der Waals surface area contributed by atoms with Gasteiger partial charge in [0.25, 0.3) is 0 Å². The molecule has 5 nitrogen and oxygen atoms in total. The molecule has 1 rings (SSSR count). The second-order valence-corrected chi connectivity index (χ2v) is 3.87. The lowest BCUT2D eigenvalue weighted by Gasteiger charge is -2.21. The molecule has 0 heterocycles. The molecular formula is C13H20N2O3. The Morgan fingerprint density at radius 1 is 1.44 bits per heavy atom. The van der Waals surface area contributed by atoms with Crippen LogP contribution in [0.4, 0.5) is 11.4 Å². The van der Waals surface area contributed by atoms with Crippen molar-refractivity contribution < 1.29 is 14.3 Å². The first kappa shape index (κ1) is 14.3. The fraction of sp³-hybridized carbons (Fsp3) is 0.462. The number of nitrogens with two attached hydrogens (primary N) is 1. The molecule has 1 aromatic rings. The average Bonchev–Trinajstić information content (AvgIpc) is 2.36. The van der Waals surface area contributed by atoms with Gasteiger partial charge in [0.15, 0.2) is 0 Å². The van der Waals surface area contributed by atoms with Gasteiger partial charge in [-0.25, -0.2) is 4.79 Å². The largest absolute Gasteiger partial charge is 0.462 e.